The molecule has 94 valence electrons. The third-order valence-electron chi connectivity index (χ3n) is 2.11. The summed E-state index contributed by atoms with van der Waals surface area (Å²) < 4.78 is 30.3. The van der Waals surface area contributed by atoms with Crippen LogP contribution in [0.1, 0.15) is 25.1 Å². The fourth-order valence-corrected chi connectivity index (χ4v) is 2.39. The molecule has 1 rings (SSSR count). The number of nitriles is 1. The van der Waals surface area contributed by atoms with Crippen LogP contribution in [0.5, 0.6) is 0 Å². The van der Waals surface area contributed by atoms with Crippen molar-refractivity contribution in [1.82, 2.24) is 14.9 Å². The van der Waals surface area contributed by atoms with Gasteiger partial charge in [0.2, 0.25) is 15.9 Å². The normalized spacial score (nSPS) is 13.2. The van der Waals surface area contributed by atoms with Gasteiger partial charge in [0.15, 0.2) is 11.1 Å². The summed E-state index contributed by atoms with van der Waals surface area (Å²) in [6, 6.07) is 1.74. The second-order valence-electron chi connectivity index (χ2n) is 3.44. The molecule has 1 atom stereocenters. The second-order valence-corrected chi connectivity index (χ2v) is 5.39. The molecule has 0 saturated carbocycles. The van der Waals surface area contributed by atoms with E-state index in [1.165, 1.54) is 0 Å². The Morgan fingerprint density at radius 1 is 1.59 bits per heavy atom. The Balaban J connectivity index is 2.49. The van der Waals surface area contributed by atoms with Crippen LogP contribution < -0.4 is 4.72 Å². The number of nitrogens with zero attached hydrogens (tertiary/aromatic N) is 3. The van der Waals surface area contributed by atoms with Gasteiger partial charge >= 0.3 is 0 Å². The number of hydrogen-bond donors (Lipinski definition) is 1. The molecule has 0 amide bonds. The predicted molar refractivity (Wildman–Crippen MR) is 59.4 cm³/mol. The number of aryl methyl sites for hydroxylation is 1. The Kier molecular flexibility index (Phi) is 4.60. The lowest BCUT2D eigenvalue weighted by atomic mass is 10.4. The number of aromatic nitrogens is 2. The summed E-state index contributed by atoms with van der Waals surface area (Å²) in [7, 11) is -3.58. The molecule has 0 fully saturated rings. The first-order valence-electron chi connectivity index (χ1n) is 5.17. The van der Waals surface area contributed by atoms with Gasteiger partial charge in [0, 0.05) is 19.9 Å². The smallest absolute Gasteiger partial charge is 0.227 e. The van der Waals surface area contributed by atoms with Gasteiger partial charge in [0.25, 0.3) is 0 Å². The zero-order valence-corrected chi connectivity index (χ0v) is 10.5. The highest BCUT2D eigenvalue weighted by Crippen LogP contribution is 2.02. The summed E-state index contributed by atoms with van der Waals surface area (Å²) in [5.74, 6) is 0.876. The Hall–Kier alpha value is -1.46. The largest absolute Gasteiger partial charge is 0.340 e. The molecule has 1 heterocycles. The van der Waals surface area contributed by atoms with Gasteiger partial charge in [-0.1, -0.05) is 12.1 Å². The molecule has 8 heteroatoms. The minimum Gasteiger partial charge on any atom is -0.340 e. The summed E-state index contributed by atoms with van der Waals surface area (Å²) in [6.45, 7) is 3.46. The van der Waals surface area contributed by atoms with Crippen LogP contribution in [0.2, 0.25) is 0 Å². The molecular weight excluding hydrogens is 244 g/mol. The first kappa shape index (κ1) is 13.6. The lowest BCUT2D eigenvalue weighted by molar-refractivity contribution is 0.387. The van der Waals surface area contributed by atoms with Crippen LogP contribution in [0.25, 0.3) is 0 Å². The summed E-state index contributed by atoms with van der Waals surface area (Å²) in [4.78, 5) is 3.94. The molecule has 1 aromatic rings. The van der Waals surface area contributed by atoms with Crippen LogP contribution in [-0.2, 0) is 16.4 Å². The fraction of sp³-hybridized carbons (Fsp3) is 0.667. The summed E-state index contributed by atoms with van der Waals surface area (Å²) in [5, 5.41) is 11.3. The average molecular weight is 258 g/mol. The van der Waals surface area contributed by atoms with Gasteiger partial charge in [-0.05, 0) is 6.42 Å². The van der Waals surface area contributed by atoms with Gasteiger partial charge in [0.05, 0.1) is 6.07 Å². The van der Waals surface area contributed by atoms with E-state index in [2.05, 4.69) is 14.9 Å². The van der Waals surface area contributed by atoms with Crippen molar-refractivity contribution >= 4 is 10.0 Å². The topological polar surface area (TPSA) is 109 Å². The lowest BCUT2D eigenvalue weighted by Crippen LogP contribution is -2.34. The fourth-order valence-electron chi connectivity index (χ4n) is 1.23. The van der Waals surface area contributed by atoms with Crippen LogP contribution in [0.3, 0.4) is 0 Å². The van der Waals surface area contributed by atoms with Crippen molar-refractivity contribution in [3.8, 4) is 6.07 Å². The summed E-state index contributed by atoms with van der Waals surface area (Å²) in [5.41, 5.74) is 0. The van der Waals surface area contributed by atoms with E-state index in [1.807, 2.05) is 0 Å². The molecule has 1 N–H and O–H groups in total. The number of rotatable bonds is 6. The molecule has 1 aromatic heterocycles. The highest BCUT2D eigenvalue weighted by molar-refractivity contribution is 7.90. The van der Waals surface area contributed by atoms with Crippen molar-refractivity contribution in [2.24, 2.45) is 0 Å². The van der Waals surface area contributed by atoms with Gasteiger partial charge in [-0.2, -0.15) is 10.2 Å². The van der Waals surface area contributed by atoms with E-state index in [9.17, 15) is 8.42 Å². The third kappa shape index (κ3) is 3.80. The van der Waals surface area contributed by atoms with Crippen molar-refractivity contribution < 1.29 is 12.9 Å². The average Bonchev–Trinajstić information content (AvgIpc) is 2.65. The van der Waals surface area contributed by atoms with Gasteiger partial charge in [-0.25, -0.2) is 13.1 Å². The molecule has 0 bridgehead atoms. The highest BCUT2D eigenvalue weighted by atomic mass is 32.2. The van der Waals surface area contributed by atoms with Crippen LogP contribution in [0, 0.1) is 18.3 Å². The van der Waals surface area contributed by atoms with Crippen molar-refractivity contribution in [3.05, 3.63) is 11.7 Å². The molecule has 0 radical (unpaired) electrons. The van der Waals surface area contributed by atoms with E-state index in [-0.39, 0.29) is 13.0 Å². The zero-order valence-electron chi connectivity index (χ0n) is 9.67. The van der Waals surface area contributed by atoms with Crippen molar-refractivity contribution in [2.45, 2.75) is 31.9 Å². The molecule has 1 unspecified atom stereocenters. The van der Waals surface area contributed by atoms with Crippen LogP contribution in [0.15, 0.2) is 4.52 Å². The zero-order chi connectivity index (χ0) is 12.9. The number of nitrogens with one attached hydrogen (secondary N) is 1. The molecule has 0 aliphatic heterocycles. The Bertz CT molecular complexity index is 503. The predicted octanol–water partition coefficient (Wildman–Crippen LogP) is 0.142. The van der Waals surface area contributed by atoms with E-state index in [4.69, 9.17) is 9.78 Å². The van der Waals surface area contributed by atoms with Gasteiger partial charge < -0.3 is 4.52 Å². The Morgan fingerprint density at radius 3 is 2.76 bits per heavy atom. The molecule has 0 saturated heterocycles. The molecular formula is C9H14N4O3S. The first-order chi connectivity index (χ1) is 7.99. The van der Waals surface area contributed by atoms with E-state index >= 15 is 0 Å². The molecule has 7 nitrogen and oxygen atoms in total. The lowest BCUT2D eigenvalue weighted by Gasteiger charge is -2.08. The minimum absolute atomic E-state index is 0.152. The Labute approximate surface area is 99.9 Å². The van der Waals surface area contributed by atoms with Gasteiger partial charge in [0.1, 0.15) is 0 Å². The first-order valence-corrected chi connectivity index (χ1v) is 6.71. The molecule has 0 aliphatic rings. The standard InChI is InChI=1S/C9H14N4O3S/c1-3-8(6-10)17(14,15)11-5-4-9-12-7(2)16-13-9/h8,11H,3-5H2,1-2H3. The number of hydrogen-bond acceptors (Lipinski definition) is 6. The van der Waals surface area contributed by atoms with E-state index in [0.717, 1.165) is 0 Å². The third-order valence-corrected chi connectivity index (χ3v) is 3.91. The molecule has 0 aliphatic carbocycles. The summed E-state index contributed by atoms with van der Waals surface area (Å²) >= 11 is 0. The second kappa shape index (κ2) is 5.75. The Morgan fingerprint density at radius 2 is 2.29 bits per heavy atom. The quantitative estimate of drug-likeness (QED) is 0.777. The van der Waals surface area contributed by atoms with E-state index < -0.39 is 15.3 Å². The maximum absolute atomic E-state index is 11.6. The molecule has 17 heavy (non-hydrogen) atoms. The minimum atomic E-state index is -3.58. The summed E-state index contributed by atoms with van der Waals surface area (Å²) in [6.07, 6.45) is 0.589. The van der Waals surface area contributed by atoms with Crippen LogP contribution in [-0.4, -0.2) is 30.4 Å². The van der Waals surface area contributed by atoms with Gasteiger partial charge in [-0.15, -0.1) is 0 Å². The van der Waals surface area contributed by atoms with E-state index in [1.54, 1.807) is 19.9 Å². The van der Waals surface area contributed by atoms with Gasteiger partial charge in [-0.3, -0.25) is 0 Å². The molecule has 0 spiro atoms. The van der Waals surface area contributed by atoms with E-state index in [0.29, 0.717) is 18.1 Å². The van der Waals surface area contributed by atoms with Crippen LogP contribution >= 0.6 is 0 Å². The van der Waals surface area contributed by atoms with Crippen LogP contribution in [0.4, 0.5) is 0 Å². The van der Waals surface area contributed by atoms with Crippen molar-refractivity contribution in [3.63, 3.8) is 0 Å². The van der Waals surface area contributed by atoms with Crippen molar-refractivity contribution in [2.75, 3.05) is 6.54 Å². The maximum atomic E-state index is 11.6. The highest BCUT2D eigenvalue weighted by Gasteiger charge is 2.22. The van der Waals surface area contributed by atoms with Crippen molar-refractivity contribution in [1.29, 1.82) is 5.26 Å². The molecule has 0 aromatic carbocycles. The SMILES string of the molecule is CCC(C#N)S(=O)(=O)NCCc1noc(C)n1. The monoisotopic (exact) mass is 258 g/mol. The maximum Gasteiger partial charge on any atom is 0.227 e. The number of sulfonamides is 1.